The predicted molar refractivity (Wildman–Crippen MR) is 149 cm³/mol. The Balaban J connectivity index is 1.28. The van der Waals surface area contributed by atoms with E-state index >= 15 is 0 Å². The second-order valence-corrected chi connectivity index (χ2v) is 13.5. The van der Waals surface area contributed by atoms with Gasteiger partial charge in [-0.1, -0.05) is 59.4 Å². The summed E-state index contributed by atoms with van der Waals surface area (Å²) in [6.45, 7) is 3.84. The molecule has 1 aromatic heterocycles. The Hall–Kier alpha value is -3.37. The molecule has 2 N–H and O–H groups in total. The summed E-state index contributed by atoms with van der Waals surface area (Å²) in [5.41, 5.74) is 3.20. The van der Waals surface area contributed by atoms with Crippen LogP contribution in [0.2, 0.25) is 0 Å². The predicted octanol–water partition coefficient (Wildman–Crippen LogP) is 4.27. The molecule has 2 bridgehead atoms. The number of hydrogen-bond donors (Lipinski definition) is 2. The summed E-state index contributed by atoms with van der Waals surface area (Å²) in [6.07, 6.45) is 0.743. The Morgan fingerprint density at radius 3 is 2.50 bits per heavy atom. The summed E-state index contributed by atoms with van der Waals surface area (Å²) in [5, 5.41) is 10.4. The van der Waals surface area contributed by atoms with E-state index in [0.29, 0.717) is 6.61 Å². The molecule has 7 rings (SSSR count). The molecule has 0 spiro atoms. The van der Waals surface area contributed by atoms with Crippen LogP contribution >= 0.6 is 23.1 Å². The third kappa shape index (κ3) is 3.72. The monoisotopic (exact) mass is 576 g/mol. The average Bonchev–Trinajstić information content (AvgIpc) is 3.67. The molecule has 40 heavy (non-hydrogen) atoms. The van der Waals surface area contributed by atoms with E-state index in [2.05, 4.69) is 17.1 Å². The molecule has 8 atom stereocenters. The van der Waals surface area contributed by atoms with Gasteiger partial charge in [-0.2, -0.15) is 0 Å². The lowest BCUT2D eigenvalue weighted by Crippen LogP contribution is -2.44. The third-order valence-electron chi connectivity index (χ3n) is 9.27. The van der Waals surface area contributed by atoms with Crippen LogP contribution in [-0.4, -0.2) is 44.1 Å². The Kier molecular flexibility index (Phi) is 5.98. The topological polar surface area (TPSA) is 117 Å². The summed E-state index contributed by atoms with van der Waals surface area (Å²) in [6, 6.07) is 14.9. The van der Waals surface area contributed by atoms with Crippen LogP contribution in [0, 0.1) is 36.5 Å². The standard InChI is InChI=1S/C30H28N2O6S2/c1-13-7-9-15(10-8-13)12-38-19-6-4-3-5-16(19)20-21-17-11-18(24(21)39-26-25(20)40-30(37)31-26)23-22(17)27(33)32(28(23)34)14(2)29(35)36/h3-10,14,17-18,20-24H,11-12H2,1-2H3,(H,31,37)(H,35,36)/t14?,17?,18?,20-,21?,22?,23?,24?/m1/s1. The van der Waals surface area contributed by atoms with Gasteiger partial charge in [0, 0.05) is 21.6 Å². The van der Waals surface area contributed by atoms with Crippen LogP contribution < -0.4 is 9.61 Å². The SMILES string of the molecule is Cc1ccc(COc2ccccc2[C@H]2c3sc(=O)[nH]c3SC3C4CC(C5C(=O)N(C(C)C(=O)O)C(=O)C45)C32)cc1. The van der Waals surface area contributed by atoms with E-state index < -0.39 is 23.8 Å². The van der Waals surface area contributed by atoms with Crippen molar-refractivity contribution in [1.29, 1.82) is 0 Å². The molecule has 1 saturated heterocycles. The fourth-order valence-electron chi connectivity index (χ4n) is 7.59. The third-order valence-corrected chi connectivity index (χ3v) is 11.9. The minimum atomic E-state index is -1.19. The number of rotatable bonds is 6. The number of aromatic amines is 1. The Morgan fingerprint density at radius 2 is 1.77 bits per heavy atom. The van der Waals surface area contributed by atoms with E-state index in [-0.39, 0.29) is 45.6 Å². The van der Waals surface area contributed by atoms with Gasteiger partial charge in [-0.15, -0.1) is 11.8 Å². The Bertz CT molecular complexity index is 1600. The zero-order valence-electron chi connectivity index (χ0n) is 21.9. The van der Waals surface area contributed by atoms with E-state index in [9.17, 15) is 24.3 Å². The van der Waals surface area contributed by atoms with E-state index in [0.717, 1.165) is 38.1 Å². The fourth-order valence-corrected chi connectivity index (χ4v) is 10.5. The minimum Gasteiger partial charge on any atom is -0.489 e. The van der Waals surface area contributed by atoms with E-state index in [1.54, 1.807) is 11.8 Å². The summed E-state index contributed by atoms with van der Waals surface area (Å²) >= 11 is 2.81. The van der Waals surface area contributed by atoms with Crippen molar-refractivity contribution in [2.45, 2.75) is 49.1 Å². The molecule has 2 aromatic carbocycles. The quantitative estimate of drug-likeness (QED) is 0.421. The number of thioether (sulfide) groups is 1. The molecule has 2 saturated carbocycles. The van der Waals surface area contributed by atoms with Gasteiger partial charge >= 0.3 is 10.8 Å². The fraction of sp³-hybridized carbons (Fsp3) is 0.400. The lowest BCUT2D eigenvalue weighted by molar-refractivity contribution is -0.154. The van der Waals surface area contributed by atoms with Crippen molar-refractivity contribution in [3.63, 3.8) is 0 Å². The van der Waals surface area contributed by atoms with Crippen LogP contribution in [0.4, 0.5) is 0 Å². The van der Waals surface area contributed by atoms with Crippen molar-refractivity contribution in [3.8, 4) is 5.75 Å². The maximum Gasteiger partial charge on any atom is 0.326 e. The Morgan fingerprint density at radius 1 is 1.07 bits per heavy atom. The maximum absolute atomic E-state index is 13.6. The zero-order valence-corrected chi connectivity index (χ0v) is 23.5. The molecule has 2 aliphatic heterocycles. The molecule has 2 aliphatic carbocycles. The summed E-state index contributed by atoms with van der Waals surface area (Å²) in [4.78, 5) is 56.2. The number of aryl methyl sites for hydroxylation is 1. The van der Waals surface area contributed by atoms with Crippen molar-refractivity contribution in [3.05, 3.63) is 79.8 Å². The highest BCUT2D eigenvalue weighted by Gasteiger charge is 2.70. The van der Waals surface area contributed by atoms with E-state index in [1.807, 2.05) is 43.3 Å². The second kappa shape index (κ2) is 9.34. The van der Waals surface area contributed by atoms with Crippen LogP contribution in [0.15, 0.2) is 58.4 Å². The molecule has 4 aliphatic rings. The van der Waals surface area contributed by atoms with Crippen LogP contribution in [0.1, 0.15) is 40.8 Å². The number of nitrogens with one attached hydrogen (secondary N) is 1. The first-order chi connectivity index (χ1) is 19.2. The van der Waals surface area contributed by atoms with E-state index in [1.165, 1.54) is 23.8 Å². The largest absolute Gasteiger partial charge is 0.489 e. The Labute approximate surface area is 238 Å². The first kappa shape index (κ1) is 25.6. The van der Waals surface area contributed by atoms with Gasteiger partial charge in [-0.05, 0) is 49.7 Å². The van der Waals surface area contributed by atoms with Gasteiger partial charge in [-0.25, -0.2) is 4.79 Å². The number of ether oxygens (including phenoxy) is 1. The number of carboxylic acids is 1. The van der Waals surface area contributed by atoms with Gasteiger partial charge in [0.15, 0.2) is 0 Å². The summed E-state index contributed by atoms with van der Waals surface area (Å²) in [5.74, 6) is -2.52. The number of carbonyl (C=O) groups is 3. The van der Waals surface area contributed by atoms with Gasteiger partial charge in [0.25, 0.3) is 0 Å². The second-order valence-electron chi connectivity index (χ2n) is 11.3. The smallest absolute Gasteiger partial charge is 0.326 e. The number of carbonyl (C=O) groups excluding carboxylic acids is 2. The van der Waals surface area contributed by atoms with Crippen molar-refractivity contribution >= 4 is 40.9 Å². The molecular weight excluding hydrogens is 548 g/mol. The highest BCUT2D eigenvalue weighted by Crippen LogP contribution is 2.69. The average molecular weight is 577 g/mol. The molecule has 3 aromatic rings. The molecule has 2 amide bonds. The normalized spacial score (nSPS) is 30.6. The number of likely N-dealkylation sites (tertiary alicyclic amines) is 1. The number of aliphatic carboxylic acids is 1. The maximum atomic E-state index is 13.6. The molecule has 10 heteroatoms. The van der Waals surface area contributed by atoms with Crippen molar-refractivity contribution < 1.29 is 24.2 Å². The number of imide groups is 1. The highest BCUT2D eigenvalue weighted by atomic mass is 32.2. The lowest BCUT2D eigenvalue weighted by atomic mass is 9.68. The van der Waals surface area contributed by atoms with Gasteiger partial charge < -0.3 is 14.8 Å². The number of aromatic nitrogens is 1. The summed E-state index contributed by atoms with van der Waals surface area (Å²) < 4.78 is 6.38. The van der Waals surface area contributed by atoms with Crippen molar-refractivity contribution in [2.24, 2.45) is 29.6 Å². The van der Waals surface area contributed by atoms with Crippen LogP contribution in [0.3, 0.4) is 0 Å². The number of benzene rings is 2. The molecular formula is C30H28N2O6S2. The first-order valence-corrected chi connectivity index (χ1v) is 15.2. The minimum absolute atomic E-state index is 0.0103. The molecule has 7 unspecified atom stereocenters. The van der Waals surface area contributed by atoms with Crippen LogP contribution in [0.5, 0.6) is 5.75 Å². The highest BCUT2D eigenvalue weighted by molar-refractivity contribution is 8.00. The van der Waals surface area contributed by atoms with Gasteiger partial charge in [0.2, 0.25) is 11.8 Å². The van der Waals surface area contributed by atoms with Gasteiger partial charge in [0.05, 0.1) is 16.9 Å². The van der Waals surface area contributed by atoms with Crippen LogP contribution in [-0.2, 0) is 21.0 Å². The van der Waals surface area contributed by atoms with Crippen molar-refractivity contribution in [1.82, 2.24) is 9.88 Å². The zero-order chi connectivity index (χ0) is 27.9. The molecule has 3 heterocycles. The number of fused-ring (bicyclic) bond motifs is 9. The number of thiazole rings is 1. The van der Waals surface area contributed by atoms with Gasteiger partial charge in [-0.3, -0.25) is 19.3 Å². The molecule has 206 valence electrons. The molecule has 3 fully saturated rings. The lowest BCUT2D eigenvalue weighted by Gasteiger charge is -2.43. The van der Waals surface area contributed by atoms with Crippen LogP contribution in [0.25, 0.3) is 0 Å². The van der Waals surface area contributed by atoms with Gasteiger partial charge in [0.1, 0.15) is 18.4 Å². The van der Waals surface area contributed by atoms with Crippen molar-refractivity contribution in [2.75, 3.05) is 0 Å². The number of nitrogens with zero attached hydrogens (tertiary/aromatic N) is 1. The molecule has 0 radical (unpaired) electrons. The first-order valence-electron chi connectivity index (χ1n) is 13.5. The number of H-pyrrole nitrogens is 1. The summed E-state index contributed by atoms with van der Waals surface area (Å²) in [7, 11) is 0. The number of para-hydroxylation sites is 1. The number of carboxylic acid groups (broad SMARTS) is 1. The molecule has 8 nitrogen and oxygen atoms in total. The van der Waals surface area contributed by atoms with E-state index in [4.69, 9.17) is 4.74 Å². The number of hydrogen-bond acceptors (Lipinski definition) is 7. The number of amides is 2.